The summed E-state index contributed by atoms with van der Waals surface area (Å²) in [5, 5.41) is 39.4. The number of halogens is 2. The molecule has 0 saturated carbocycles. The largest absolute Gasteiger partial charge is 0.508 e. The molecule has 0 spiro atoms. The molecule has 1 saturated heterocycles. The van der Waals surface area contributed by atoms with Gasteiger partial charge in [-0.25, -0.2) is 13.8 Å². The molecule has 2 aliphatic rings. The van der Waals surface area contributed by atoms with Gasteiger partial charge in [0.25, 0.3) is 0 Å². The summed E-state index contributed by atoms with van der Waals surface area (Å²) in [6.45, 7) is 1.03. The van der Waals surface area contributed by atoms with E-state index < -0.39 is 138 Å². The van der Waals surface area contributed by atoms with Crippen LogP contribution in [0.25, 0.3) is 21.8 Å². The summed E-state index contributed by atoms with van der Waals surface area (Å²) in [5.74, 6) is -11.1. The summed E-state index contributed by atoms with van der Waals surface area (Å²) in [4.78, 5) is 171. The summed E-state index contributed by atoms with van der Waals surface area (Å²) in [6, 6.07) is 11.2. The zero-order valence-electron chi connectivity index (χ0n) is 54.7. The number of imidazole rings is 1. The summed E-state index contributed by atoms with van der Waals surface area (Å²) in [5.41, 5.74) is 14.1. The summed E-state index contributed by atoms with van der Waals surface area (Å²) < 4.78 is 29.8. The summed E-state index contributed by atoms with van der Waals surface area (Å²) in [7, 11) is 0. The van der Waals surface area contributed by atoms with Crippen LogP contribution in [0.1, 0.15) is 85.4 Å². The van der Waals surface area contributed by atoms with Crippen LogP contribution in [-0.4, -0.2) is 173 Å². The van der Waals surface area contributed by atoms with Crippen LogP contribution in [0.3, 0.4) is 0 Å². The molecule has 2 aliphatic heterocycles. The molecule has 100 heavy (non-hydrogen) atoms. The van der Waals surface area contributed by atoms with E-state index in [0.29, 0.717) is 57.6 Å². The molecule has 2 bridgehead atoms. The Morgan fingerprint density at radius 1 is 0.690 bits per heavy atom. The second kappa shape index (κ2) is 34.6. The lowest BCUT2D eigenvalue weighted by atomic mass is 9.95. The minimum Gasteiger partial charge on any atom is -0.508 e. The van der Waals surface area contributed by atoms with Gasteiger partial charge >= 0.3 is 5.97 Å². The van der Waals surface area contributed by atoms with Crippen LogP contribution in [0.15, 0.2) is 110 Å². The number of nitrogens with one attached hydrogen (secondary N) is 10. The molecule has 31 heteroatoms. The van der Waals surface area contributed by atoms with Crippen molar-refractivity contribution in [3.63, 3.8) is 0 Å². The molecular weight excluding hydrogens is 1330 g/mol. The number of nitrogens with zero attached hydrogens (tertiary/aromatic N) is 2. The molecule has 5 heterocycles. The Kier molecular flexibility index (Phi) is 25.6. The number of fused-ring (bicyclic) bond motifs is 5. The minimum absolute atomic E-state index is 0.0178. The number of H-pyrrole nitrogens is 3. The third-order valence-corrected chi connectivity index (χ3v) is 19.8. The first-order valence-corrected chi connectivity index (χ1v) is 34.9. The molecule has 9 rings (SSSR count). The van der Waals surface area contributed by atoms with Crippen LogP contribution in [0.2, 0.25) is 0 Å². The predicted molar refractivity (Wildman–Crippen MR) is 368 cm³/mol. The summed E-state index contributed by atoms with van der Waals surface area (Å²) >= 11 is 2.83. The van der Waals surface area contributed by atoms with Gasteiger partial charge in [0, 0.05) is 120 Å². The standard InChI is InChI=1S/C69H80F2N14O13S2/c1-69-17-4-19-85(69)67(97)57(22-38-8-12-47(86)13-9-38)83-65(95)55(28-46-32-74-37-78-46)81-66(96)56(29-60(89)90)82-64(94)54(25-43-31-76-52-15-11-45(71)27-50(43)52)80-63(93)53(24-42-30-75-51-14-10-44(70)26-49(42)51)79-59(88)33-77-62(92)41(7-3-18-72)23-48(87)16-20-99-34-39-5-2-6-40(21-39)35-100-36-58(61(73)91)84-68(69)98/h2,5-6,8-15,21,26-27,30-32,37,41,53-58,75-76,86H,3-4,7,16-20,22-25,28-29,33-36,72H2,1H3,(H2,73,91)(H,74,78)(H,77,92)(H,79,88)(H,80,93)(H,81,96)(H,82,94)(H,83,95)(H,84,98)(H,89,90)/t41-,53+,54+,55+,56+,57+,58+,69+/m1/s1. The van der Waals surface area contributed by atoms with Gasteiger partial charge in [-0.05, 0) is 115 Å². The number of carboxylic acid groups (broad SMARTS) is 1. The lowest BCUT2D eigenvalue weighted by Gasteiger charge is -2.37. The zero-order chi connectivity index (χ0) is 71.6. The number of aromatic amines is 3. The van der Waals surface area contributed by atoms with Crippen molar-refractivity contribution < 1.29 is 71.7 Å². The molecule has 0 radical (unpaired) electrons. The molecule has 4 aromatic carbocycles. The van der Waals surface area contributed by atoms with Crippen LogP contribution in [-0.2, 0) is 89.9 Å². The number of benzene rings is 4. The predicted octanol–water partition coefficient (Wildman–Crippen LogP) is 2.88. The van der Waals surface area contributed by atoms with Gasteiger partial charge in [0.1, 0.15) is 65.0 Å². The van der Waals surface area contributed by atoms with Crippen molar-refractivity contribution in [2.24, 2.45) is 17.4 Å². The topological polar surface area (TPSA) is 428 Å². The van der Waals surface area contributed by atoms with Gasteiger partial charge < -0.3 is 78.7 Å². The quantitative estimate of drug-likeness (QED) is 0.0744. The van der Waals surface area contributed by atoms with E-state index in [-0.39, 0.29) is 92.0 Å². The second-order valence-corrected chi connectivity index (χ2v) is 27.2. The molecule has 530 valence electrons. The number of carbonyl (C=O) groups excluding carboxylic acids is 10. The first-order valence-electron chi connectivity index (χ1n) is 32.6. The van der Waals surface area contributed by atoms with Gasteiger partial charge in [-0.2, -0.15) is 23.5 Å². The van der Waals surface area contributed by atoms with E-state index in [0.717, 1.165) is 11.1 Å². The Morgan fingerprint density at radius 2 is 1.28 bits per heavy atom. The van der Waals surface area contributed by atoms with Crippen molar-refractivity contribution in [3.05, 3.63) is 155 Å². The number of thioether (sulfide) groups is 2. The number of carboxylic acids is 1. The number of nitrogens with two attached hydrogens (primary N) is 2. The smallest absolute Gasteiger partial charge is 0.305 e. The lowest BCUT2D eigenvalue weighted by molar-refractivity contribution is -0.147. The highest BCUT2D eigenvalue weighted by Crippen LogP contribution is 2.32. The molecule has 8 atom stereocenters. The van der Waals surface area contributed by atoms with Gasteiger partial charge in [-0.3, -0.25) is 52.7 Å². The number of aromatic nitrogens is 4. The average molecular weight is 1420 g/mol. The Labute approximate surface area is 581 Å². The number of aliphatic carboxylic acids is 1. The molecular formula is C69H80F2N14O13S2. The van der Waals surface area contributed by atoms with Crippen molar-refractivity contribution in [1.29, 1.82) is 0 Å². The van der Waals surface area contributed by atoms with Crippen molar-refractivity contribution in [2.45, 2.75) is 131 Å². The van der Waals surface area contributed by atoms with Gasteiger partial charge in [-0.1, -0.05) is 36.4 Å². The highest BCUT2D eigenvalue weighted by molar-refractivity contribution is 7.98. The molecule has 3 aromatic heterocycles. The number of phenolic OH excluding ortho intramolecular Hbond substituents is 1. The lowest BCUT2D eigenvalue weighted by Crippen LogP contribution is -2.63. The third-order valence-electron chi connectivity index (χ3n) is 17.6. The highest BCUT2D eigenvalue weighted by Gasteiger charge is 2.49. The average Bonchev–Trinajstić information content (AvgIpc) is 1.57. The maximum Gasteiger partial charge on any atom is 0.305 e. The Morgan fingerprint density at radius 3 is 1.88 bits per heavy atom. The molecule has 0 aliphatic carbocycles. The van der Waals surface area contributed by atoms with Crippen molar-refractivity contribution >= 4 is 110 Å². The number of aromatic hydroxyl groups is 1. The SMILES string of the molecule is C[C@@]12CCCN1C(=O)[C@H](Cc1ccc(O)cc1)NC(=O)[C@H](Cc1cnc[nH]1)NC(=O)[C@H](CC(=O)O)NC(=O)[C@H](Cc1c[nH]c3ccc(F)cc13)NC(=O)[C@H](Cc1c[nH]c3ccc(F)cc13)NC(=O)CNC(=O)[C@H](CCCN)CC(=O)CCSCc1cccc(c1)CSC[C@@H](C(N)=O)NC2=O. The first-order chi connectivity index (χ1) is 47.9. The van der Waals surface area contributed by atoms with Crippen LogP contribution in [0.4, 0.5) is 8.78 Å². The number of hydrogen-bond acceptors (Lipinski definition) is 16. The number of phenols is 1. The van der Waals surface area contributed by atoms with E-state index in [4.69, 9.17) is 11.5 Å². The molecule has 27 nitrogen and oxygen atoms in total. The van der Waals surface area contributed by atoms with Gasteiger partial charge in [0.05, 0.1) is 19.3 Å². The maximum atomic E-state index is 15.2. The fraction of sp³-hybridized carbons (Fsp3) is 0.391. The third kappa shape index (κ3) is 20.0. The van der Waals surface area contributed by atoms with E-state index in [1.807, 2.05) is 24.3 Å². The van der Waals surface area contributed by atoms with Gasteiger partial charge in [0.2, 0.25) is 53.2 Å². The van der Waals surface area contributed by atoms with Crippen molar-refractivity contribution in [1.82, 2.24) is 62.1 Å². The Balaban J connectivity index is 1.06. The fourth-order valence-corrected chi connectivity index (χ4v) is 14.2. The normalized spacial score (nSPS) is 22.9. The number of hydrogen-bond donors (Lipinski definition) is 14. The van der Waals surface area contributed by atoms with Crippen molar-refractivity contribution in [3.8, 4) is 5.75 Å². The van der Waals surface area contributed by atoms with Gasteiger partial charge in [-0.15, -0.1) is 0 Å². The second-order valence-electron chi connectivity index (χ2n) is 25.1. The molecule has 7 aromatic rings. The van der Waals surface area contributed by atoms with E-state index in [2.05, 4.69) is 57.2 Å². The Hall–Kier alpha value is -10.1. The van der Waals surface area contributed by atoms with Crippen LogP contribution in [0.5, 0.6) is 5.75 Å². The number of ketones is 1. The van der Waals surface area contributed by atoms with Crippen LogP contribution < -0.4 is 48.7 Å². The number of amides is 9. The number of Topliss-reactive ketones (excluding diaryl/α,β-unsaturated/α-hetero) is 1. The van der Waals surface area contributed by atoms with Crippen molar-refractivity contribution in [2.75, 3.05) is 31.1 Å². The first kappa shape index (κ1) is 74.1. The van der Waals surface area contributed by atoms with Crippen LogP contribution >= 0.6 is 23.5 Å². The molecule has 1 fully saturated rings. The van der Waals surface area contributed by atoms with Crippen LogP contribution in [0, 0.1) is 17.6 Å². The highest BCUT2D eigenvalue weighted by atomic mass is 32.2. The monoisotopic (exact) mass is 1410 g/mol. The van der Waals surface area contributed by atoms with E-state index in [1.165, 1.54) is 121 Å². The zero-order valence-corrected chi connectivity index (χ0v) is 56.3. The molecule has 9 amide bonds. The number of carbonyl (C=O) groups is 11. The minimum atomic E-state index is -2.04. The molecule has 16 N–H and O–H groups in total. The van der Waals surface area contributed by atoms with E-state index in [9.17, 15) is 52.6 Å². The van der Waals surface area contributed by atoms with Gasteiger partial charge in [0.15, 0.2) is 0 Å². The summed E-state index contributed by atoms with van der Waals surface area (Å²) in [6.07, 6.45) is 3.90. The Bertz CT molecular complexity index is 4140. The fourth-order valence-electron chi connectivity index (χ4n) is 12.2. The molecule has 0 unspecified atom stereocenters. The maximum absolute atomic E-state index is 15.2. The number of rotatable bonds is 14. The number of primary amides is 1. The van der Waals surface area contributed by atoms with E-state index in [1.54, 1.807) is 0 Å². The van der Waals surface area contributed by atoms with E-state index >= 15 is 19.2 Å².